The van der Waals surface area contributed by atoms with Gasteiger partial charge in [-0.1, -0.05) is 51.0 Å². The Balaban J connectivity index is 0. The van der Waals surface area contributed by atoms with Crippen molar-refractivity contribution >= 4 is 0 Å². The predicted molar refractivity (Wildman–Crippen MR) is 73.7 cm³/mol. The molecule has 104 valence electrons. The van der Waals surface area contributed by atoms with Gasteiger partial charge in [0.15, 0.2) is 0 Å². The zero-order valence-corrected chi connectivity index (χ0v) is 13.7. The Bertz CT molecular complexity index is 162. The number of halogens is 1. The third kappa shape index (κ3) is 18.7. The molecule has 0 saturated carbocycles. The first-order valence-electron chi connectivity index (χ1n) is 7.22. The molecule has 0 rings (SSSR count). The van der Waals surface area contributed by atoms with Crippen molar-refractivity contribution in [1.82, 2.24) is 0 Å². The summed E-state index contributed by atoms with van der Waals surface area (Å²) in [5.41, 5.74) is 1.44. The highest BCUT2D eigenvalue weighted by atomic mass is 79.9. The number of hydrogen-bond acceptors (Lipinski definition) is 0. The molecule has 0 aromatic carbocycles. The number of unbranched alkanes of at least 4 members (excludes halogenated alkanes) is 7. The van der Waals surface area contributed by atoms with Crippen LogP contribution in [0.5, 0.6) is 0 Å². The molecule has 0 aliphatic carbocycles. The van der Waals surface area contributed by atoms with Gasteiger partial charge in [-0.2, -0.15) is 0 Å². The van der Waals surface area contributed by atoms with Crippen molar-refractivity contribution in [2.75, 3.05) is 13.1 Å². The van der Waals surface area contributed by atoms with Gasteiger partial charge < -0.3 is 22.3 Å². The molecule has 0 amide bonds. The summed E-state index contributed by atoms with van der Waals surface area (Å²) in [7, 11) is 0. The van der Waals surface area contributed by atoms with Crippen LogP contribution in [0.4, 0.5) is 0 Å². The lowest BCUT2D eigenvalue weighted by atomic mass is 10.1. The maximum atomic E-state index is 2.42. The van der Waals surface area contributed by atoms with Crippen molar-refractivity contribution in [1.29, 1.82) is 0 Å². The van der Waals surface area contributed by atoms with Crippen molar-refractivity contribution in [3.05, 3.63) is 11.6 Å². The van der Waals surface area contributed by atoms with E-state index in [1.54, 1.807) is 0 Å². The third-order valence-corrected chi connectivity index (χ3v) is 2.95. The molecule has 2 heteroatoms. The van der Waals surface area contributed by atoms with Crippen LogP contribution in [0.2, 0.25) is 0 Å². The van der Waals surface area contributed by atoms with Gasteiger partial charge in [0.25, 0.3) is 0 Å². The van der Waals surface area contributed by atoms with E-state index in [4.69, 9.17) is 0 Å². The summed E-state index contributed by atoms with van der Waals surface area (Å²) in [6.45, 7) is 9.09. The predicted octanol–water partition coefficient (Wildman–Crippen LogP) is 0.661. The number of nitrogens with two attached hydrogens (primary N) is 1. The Hall–Kier alpha value is 0.180. The van der Waals surface area contributed by atoms with Crippen molar-refractivity contribution in [2.24, 2.45) is 0 Å². The molecule has 0 radical (unpaired) electrons. The van der Waals surface area contributed by atoms with E-state index >= 15 is 0 Å². The van der Waals surface area contributed by atoms with Crippen LogP contribution in [-0.4, -0.2) is 13.1 Å². The number of hydrogen-bond donors (Lipinski definition) is 1. The van der Waals surface area contributed by atoms with Gasteiger partial charge in [0.05, 0.1) is 13.1 Å². The number of rotatable bonds is 11. The first kappa shape index (κ1) is 19.5. The highest BCUT2D eigenvalue weighted by Crippen LogP contribution is 2.07. The minimum atomic E-state index is 0. The molecule has 0 spiro atoms. The topological polar surface area (TPSA) is 16.6 Å². The second kappa shape index (κ2) is 16.2. The van der Waals surface area contributed by atoms with Gasteiger partial charge in [-0.25, -0.2) is 0 Å². The lowest BCUT2D eigenvalue weighted by Gasteiger charge is -2.01. The molecule has 0 bridgehead atoms. The normalized spacial score (nSPS) is 9.82. The molecular weight excluding hydrogens is 274 g/mol. The molecule has 0 aliphatic rings. The first-order chi connectivity index (χ1) is 7.77. The van der Waals surface area contributed by atoms with E-state index in [2.05, 4.69) is 32.2 Å². The third-order valence-electron chi connectivity index (χ3n) is 2.95. The van der Waals surface area contributed by atoms with Crippen LogP contribution in [0.25, 0.3) is 0 Å². The van der Waals surface area contributed by atoms with Crippen LogP contribution in [0.1, 0.15) is 72.1 Å². The van der Waals surface area contributed by atoms with Crippen LogP contribution in [0, 0.1) is 0 Å². The summed E-state index contributed by atoms with van der Waals surface area (Å²) < 4.78 is 0. The number of quaternary nitrogens is 1. The van der Waals surface area contributed by atoms with Gasteiger partial charge in [-0.05, 0) is 32.8 Å². The Morgan fingerprint density at radius 1 is 0.882 bits per heavy atom. The van der Waals surface area contributed by atoms with Crippen LogP contribution < -0.4 is 22.3 Å². The SMILES string of the molecule is CCCCCCCCCC[NH2+]CC=C(C)C.[Br-]. The summed E-state index contributed by atoms with van der Waals surface area (Å²) in [6, 6.07) is 0. The molecule has 17 heavy (non-hydrogen) atoms. The van der Waals surface area contributed by atoms with Gasteiger partial charge in [0.1, 0.15) is 0 Å². The maximum absolute atomic E-state index is 2.42. The quantitative estimate of drug-likeness (QED) is 0.427. The fraction of sp³-hybridized carbons (Fsp3) is 0.867. The Kier molecular flexibility index (Phi) is 18.6. The molecule has 0 heterocycles. The van der Waals surface area contributed by atoms with Crippen LogP contribution in [0.15, 0.2) is 11.6 Å². The van der Waals surface area contributed by atoms with Gasteiger partial charge in [-0.15, -0.1) is 0 Å². The van der Waals surface area contributed by atoms with E-state index in [9.17, 15) is 0 Å². The maximum Gasteiger partial charge on any atom is 0.0944 e. The van der Waals surface area contributed by atoms with Crippen molar-refractivity contribution in [2.45, 2.75) is 72.1 Å². The molecule has 0 unspecified atom stereocenters. The van der Waals surface area contributed by atoms with Gasteiger partial charge in [-0.3, -0.25) is 0 Å². The van der Waals surface area contributed by atoms with Crippen LogP contribution in [-0.2, 0) is 0 Å². The molecule has 0 saturated heterocycles. The zero-order valence-electron chi connectivity index (χ0n) is 12.1. The van der Waals surface area contributed by atoms with E-state index in [1.807, 2.05) is 0 Å². The Morgan fingerprint density at radius 3 is 1.94 bits per heavy atom. The summed E-state index contributed by atoms with van der Waals surface area (Å²) in [5.74, 6) is 0. The fourth-order valence-corrected chi connectivity index (χ4v) is 1.86. The molecule has 2 N–H and O–H groups in total. The molecule has 0 fully saturated rings. The lowest BCUT2D eigenvalue weighted by Crippen LogP contribution is -3.00. The molecule has 0 aliphatic heterocycles. The van der Waals surface area contributed by atoms with Crippen molar-refractivity contribution in [3.8, 4) is 0 Å². The van der Waals surface area contributed by atoms with Crippen molar-refractivity contribution in [3.63, 3.8) is 0 Å². The minimum Gasteiger partial charge on any atom is -1.00 e. The minimum absolute atomic E-state index is 0. The van der Waals surface area contributed by atoms with Gasteiger partial charge >= 0.3 is 0 Å². The Morgan fingerprint density at radius 2 is 1.41 bits per heavy atom. The largest absolute Gasteiger partial charge is 1.00 e. The summed E-state index contributed by atoms with van der Waals surface area (Å²) >= 11 is 0. The average Bonchev–Trinajstić information content (AvgIpc) is 2.25. The lowest BCUT2D eigenvalue weighted by molar-refractivity contribution is -0.646. The molecule has 0 aromatic heterocycles. The van der Waals surface area contributed by atoms with Crippen molar-refractivity contribution < 1.29 is 22.3 Å². The molecule has 0 aromatic rings. The molecule has 0 atom stereocenters. The zero-order chi connectivity index (χ0) is 12.1. The van der Waals surface area contributed by atoms with E-state index in [-0.39, 0.29) is 17.0 Å². The summed E-state index contributed by atoms with van der Waals surface area (Å²) in [6.07, 6.45) is 13.7. The Labute approximate surface area is 119 Å². The first-order valence-corrected chi connectivity index (χ1v) is 7.22. The second-order valence-electron chi connectivity index (χ2n) is 5.07. The summed E-state index contributed by atoms with van der Waals surface area (Å²) in [4.78, 5) is 0. The molecular formula is C15H32BrN. The smallest absolute Gasteiger partial charge is 0.0944 e. The molecule has 1 nitrogen and oxygen atoms in total. The van der Waals surface area contributed by atoms with E-state index in [0.29, 0.717) is 0 Å². The van der Waals surface area contributed by atoms with E-state index in [1.165, 1.54) is 70.0 Å². The number of allylic oxidation sites excluding steroid dienone is 1. The monoisotopic (exact) mass is 305 g/mol. The fourth-order valence-electron chi connectivity index (χ4n) is 1.86. The standard InChI is InChI=1S/C15H31N.BrH/c1-4-5-6-7-8-9-10-11-13-16-14-12-15(2)3;/h12,16H,4-11,13-14H2,1-3H3;1H. The second-order valence-corrected chi connectivity index (χ2v) is 5.07. The van der Waals surface area contributed by atoms with Crippen LogP contribution >= 0.6 is 0 Å². The van der Waals surface area contributed by atoms with E-state index in [0.717, 1.165) is 0 Å². The summed E-state index contributed by atoms with van der Waals surface area (Å²) in [5, 5.41) is 2.42. The van der Waals surface area contributed by atoms with Gasteiger partial charge in [0.2, 0.25) is 0 Å². The highest BCUT2D eigenvalue weighted by Gasteiger charge is 1.92. The highest BCUT2D eigenvalue weighted by molar-refractivity contribution is 4.91. The van der Waals surface area contributed by atoms with Crippen LogP contribution in [0.3, 0.4) is 0 Å². The average molecular weight is 306 g/mol. The van der Waals surface area contributed by atoms with E-state index < -0.39 is 0 Å². The van der Waals surface area contributed by atoms with Gasteiger partial charge in [0, 0.05) is 0 Å².